The van der Waals surface area contributed by atoms with Crippen LogP contribution < -0.4 is 0 Å². The van der Waals surface area contributed by atoms with E-state index in [0.29, 0.717) is 22.9 Å². The van der Waals surface area contributed by atoms with Crippen molar-refractivity contribution < 1.29 is 13.2 Å². The number of aromatic nitrogens is 4. The standard InChI is InChI=1S/C33H26N4O3S2/c1-22(38)30-19-14-27(31-4-2-3-5-32(30)31)21-42(40)29-15-10-25(11-16-29)24-8-6-23(7-9-24)20-41(39)28-17-12-26(13-18-28)33-34-36-37-35-33/h2-19H,20-21H2,1H3,(H,34,35,36,37). The van der Waals surface area contributed by atoms with E-state index in [9.17, 15) is 13.2 Å². The summed E-state index contributed by atoms with van der Waals surface area (Å²) in [6, 6.07) is 34.6. The highest BCUT2D eigenvalue weighted by Crippen LogP contribution is 2.27. The molecule has 1 N–H and O–H groups in total. The zero-order chi connectivity index (χ0) is 29.1. The van der Waals surface area contributed by atoms with E-state index in [0.717, 1.165) is 48.4 Å². The van der Waals surface area contributed by atoms with Crippen LogP contribution in [0, 0.1) is 0 Å². The molecule has 0 radical (unpaired) electrons. The summed E-state index contributed by atoms with van der Waals surface area (Å²) in [5, 5.41) is 15.8. The van der Waals surface area contributed by atoms with Gasteiger partial charge in [-0.25, -0.2) is 0 Å². The summed E-state index contributed by atoms with van der Waals surface area (Å²) in [7, 11) is -2.44. The second kappa shape index (κ2) is 12.1. The maximum Gasteiger partial charge on any atom is 0.204 e. The van der Waals surface area contributed by atoms with Gasteiger partial charge in [0.25, 0.3) is 0 Å². The molecule has 0 aliphatic rings. The predicted molar refractivity (Wildman–Crippen MR) is 166 cm³/mol. The first-order valence-corrected chi connectivity index (χ1v) is 15.9. The third-order valence-corrected chi connectivity index (χ3v) is 9.87. The summed E-state index contributed by atoms with van der Waals surface area (Å²) < 4.78 is 26.2. The second-order valence-electron chi connectivity index (χ2n) is 9.83. The number of nitrogens with zero attached hydrogens (tertiary/aromatic N) is 3. The fraction of sp³-hybridized carbons (Fsp3) is 0.0909. The highest BCUT2D eigenvalue weighted by Gasteiger charge is 2.13. The van der Waals surface area contributed by atoms with Gasteiger partial charge in [-0.15, -0.1) is 10.2 Å². The molecule has 0 saturated heterocycles. The third kappa shape index (κ3) is 5.88. The maximum absolute atomic E-state index is 13.3. The fourth-order valence-corrected chi connectivity index (χ4v) is 7.13. The van der Waals surface area contributed by atoms with E-state index in [1.807, 2.05) is 109 Å². The first-order chi connectivity index (χ1) is 20.5. The Hall–Kier alpha value is -4.60. The van der Waals surface area contributed by atoms with Crippen molar-refractivity contribution in [3.8, 4) is 22.5 Å². The van der Waals surface area contributed by atoms with Gasteiger partial charge in [-0.2, -0.15) is 5.21 Å². The van der Waals surface area contributed by atoms with Crippen LogP contribution in [-0.4, -0.2) is 34.8 Å². The Morgan fingerprint density at radius 1 is 0.667 bits per heavy atom. The molecule has 5 aromatic carbocycles. The van der Waals surface area contributed by atoms with Crippen LogP contribution in [0.2, 0.25) is 0 Å². The van der Waals surface area contributed by atoms with Crippen molar-refractivity contribution in [3.05, 3.63) is 126 Å². The molecule has 0 saturated carbocycles. The number of H-pyrrole nitrogens is 1. The number of fused-ring (bicyclic) bond motifs is 1. The Bertz CT molecular complexity index is 1920. The van der Waals surface area contributed by atoms with Crippen LogP contribution >= 0.6 is 0 Å². The fourth-order valence-electron chi connectivity index (χ4n) is 4.89. The molecule has 2 atom stereocenters. The summed E-state index contributed by atoms with van der Waals surface area (Å²) in [6.07, 6.45) is 0. The molecule has 42 heavy (non-hydrogen) atoms. The Morgan fingerprint density at radius 3 is 1.83 bits per heavy atom. The minimum absolute atomic E-state index is 0.0169. The van der Waals surface area contributed by atoms with E-state index in [2.05, 4.69) is 20.6 Å². The summed E-state index contributed by atoms with van der Waals surface area (Å²) in [5.41, 5.74) is 5.45. The number of ketones is 1. The highest BCUT2D eigenvalue weighted by atomic mass is 32.2. The topological polar surface area (TPSA) is 106 Å². The number of Topliss-reactive ketones (excluding diaryl/α,β-unsaturated/α-hetero) is 1. The molecule has 2 unspecified atom stereocenters. The van der Waals surface area contributed by atoms with Crippen LogP contribution in [0.25, 0.3) is 33.3 Å². The van der Waals surface area contributed by atoms with Crippen LogP contribution in [0.1, 0.15) is 28.4 Å². The van der Waals surface area contributed by atoms with Crippen molar-refractivity contribution in [1.82, 2.24) is 20.6 Å². The number of carbonyl (C=O) groups excluding carboxylic acids is 1. The molecule has 0 spiro atoms. The maximum atomic E-state index is 13.3. The van der Waals surface area contributed by atoms with Crippen LogP contribution in [0.5, 0.6) is 0 Å². The van der Waals surface area contributed by atoms with Gasteiger partial charge in [0.2, 0.25) is 5.82 Å². The lowest BCUT2D eigenvalue weighted by molar-refractivity contribution is 0.101. The minimum Gasteiger partial charge on any atom is -0.294 e. The summed E-state index contributed by atoms with van der Waals surface area (Å²) in [4.78, 5) is 13.5. The van der Waals surface area contributed by atoms with E-state index < -0.39 is 21.6 Å². The van der Waals surface area contributed by atoms with Gasteiger partial charge in [-0.1, -0.05) is 72.8 Å². The van der Waals surface area contributed by atoms with Crippen molar-refractivity contribution in [2.45, 2.75) is 28.2 Å². The van der Waals surface area contributed by atoms with Gasteiger partial charge in [0.05, 0.1) is 33.1 Å². The number of nitrogens with one attached hydrogen (secondary N) is 1. The van der Waals surface area contributed by atoms with Crippen LogP contribution in [0.15, 0.2) is 119 Å². The lowest BCUT2D eigenvalue weighted by atomic mass is 9.98. The van der Waals surface area contributed by atoms with E-state index in [-0.39, 0.29) is 5.78 Å². The van der Waals surface area contributed by atoms with Crippen molar-refractivity contribution in [3.63, 3.8) is 0 Å². The largest absolute Gasteiger partial charge is 0.294 e. The van der Waals surface area contributed by atoms with Gasteiger partial charge in [-0.3, -0.25) is 13.2 Å². The molecule has 0 bridgehead atoms. The lowest BCUT2D eigenvalue weighted by Gasteiger charge is -2.10. The summed E-state index contributed by atoms with van der Waals surface area (Å²) in [6.45, 7) is 1.57. The number of rotatable bonds is 9. The molecule has 6 aromatic rings. The van der Waals surface area contributed by atoms with Crippen molar-refractivity contribution in [2.75, 3.05) is 0 Å². The van der Waals surface area contributed by atoms with E-state index in [1.54, 1.807) is 6.92 Å². The van der Waals surface area contributed by atoms with Gasteiger partial charge in [-0.05, 0) is 81.6 Å². The number of hydrogen-bond donors (Lipinski definition) is 1. The molecule has 9 heteroatoms. The van der Waals surface area contributed by atoms with Crippen LogP contribution in [-0.2, 0) is 33.1 Å². The van der Waals surface area contributed by atoms with Gasteiger partial charge >= 0.3 is 0 Å². The quantitative estimate of drug-likeness (QED) is 0.193. The monoisotopic (exact) mass is 590 g/mol. The number of aromatic amines is 1. The molecule has 0 fully saturated rings. The SMILES string of the molecule is CC(=O)c1ccc(CS(=O)c2ccc(-c3ccc(CS(=O)c4ccc(-c5nn[nH]n5)cc4)cc3)cc2)c2ccccc12. The molecular formula is C33H26N4O3S2. The molecular weight excluding hydrogens is 565 g/mol. The molecule has 0 aliphatic heterocycles. The minimum atomic E-state index is -1.24. The van der Waals surface area contributed by atoms with E-state index >= 15 is 0 Å². The highest BCUT2D eigenvalue weighted by molar-refractivity contribution is 7.84. The third-order valence-electron chi connectivity index (χ3n) is 7.10. The number of carbonyl (C=O) groups is 1. The smallest absolute Gasteiger partial charge is 0.204 e. The average Bonchev–Trinajstić information content (AvgIpc) is 3.57. The van der Waals surface area contributed by atoms with Crippen molar-refractivity contribution in [1.29, 1.82) is 0 Å². The summed E-state index contributed by atoms with van der Waals surface area (Å²) >= 11 is 0. The van der Waals surface area contributed by atoms with Crippen LogP contribution in [0.4, 0.5) is 0 Å². The Morgan fingerprint density at radius 2 is 1.24 bits per heavy atom. The second-order valence-corrected chi connectivity index (χ2v) is 12.7. The Balaban J connectivity index is 1.11. The number of hydrogen-bond acceptors (Lipinski definition) is 6. The van der Waals surface area contributed by atoms with Crippen LogP contribution in [0.3, 0.4) is 0 Å². The van der Waals surface area contributed by atoms with E-state index in [4.69, 9.17) is 0 Å². The molecule has 0 amide bonds. The first kappa shape index (κ1) is 27.6. The number of tetrazole rings is 1. The average molecular weight is 591 g/mol. The molecule has 0 aliphatic carbocycles. The number of benzene rings is 5. The van der Waals surface area contributed by atoms with Crippen molar-refractivity contribution >= 4 is 38.2 Å². The van der Waals surface area contributed by atoms with Gasteiger partial charge in [0, 0.05) is 20.9 Å². The molecule has 1 aromatic heterocycles. The molecule has 208 valence electrons. The lowest BCUT2D eigenvalue weighted by Crippen LogP contribution is -2.00. The molecule has 1 heterocycles. The van der Waals surface area contributed by atoms with E-state index in [1.165, 1.54) is 0 Å². The predicted octanol–water partition coefficient (Wildman–Crippen LogP) is 6.51. The zero-order valence-corrected chi connectivity index (χ0v) is 24.3. The zero-order valence-electron chi connectivity index (χ0n) is 22.7. The van der Waals surface area contributed by atoms with Gasteiger partial charge in [0.15, 0.2) is 5.78 Å². The Kier molecular flexibility index (Phi) is 7.94. The molecule has 6 rings (SSSR count). The normalized spacial score (nSPS) is 12.7. The van der Waals surface area contributed by atoms with Gasteiger partial charge in [0.1, 0.15) is 0 Å². The molecule has 7 nitrogen and oxygen atoms in total. The summed E-state index contributed by atoms with van der Waals surface area (Å²) in [5.74, 6) is 1.28. The first-order valence-electron chi connectivity index (χ1n) is 13.3. The van der Waals surface area contributed by atoms with Crippen molar-refractivity contribution in [2.24, 2.45) is 0 Å². The Labute approximate surface area is 247 Å². The van der Waals surface area contributed by atoms with Gasteiger partial charge < -0.3 is 0 Å².